The molecule has 0 radical (unpaired) electrons. The summed E-state index contributed by atoms with van der Waals surface area (Å²) in [5.74, 6) is 0.881. The van der Waals surface area contributed by atoms with E-state index in [1.807, 2.05) is 24.3 Å². The number of ether oxygens (including phenoxy) is 3. The Hall–Kier alpha value is -3.29. The molecule has 1 N–H and O–H groups in total. The number of nitrogens with one attached hydrogen (secondary N) is 1. The first-order valence-electron chi connectivity index (χ1n) is 7.89. The maximum Gasteiger partial charge on any atom is 0.273 e. The van der Waals surface area contributed by atoms with Crippen LogP contribution < -0.4 is 19.5 Å². The van der Waals surface area contributed by atoms with Crippen molar-refractivity contribution in [1.82, 2.24) is 5.32 Å². The summed E-state index contributed by atoms with van der Waals surface area (Å²) in [6.07, 6.45) is 0.607. The Morgan fingerprint density at radius 1 is 1.08 bits per heavy atom. The third kappa shape index (κ3) is 5.10. The average Bonchev–Trinajstić information content (AvgIpc) is 2.66. The number of hydrogen-bond donors (Lipinski definition) is 1. The van der Waals surface area contributed by atoms with Crippen molar-refractivity contribution < 1.29 is 23.9 Å². The smallest absolute Gasteiger partial charge is 0.273 e. The molecule has 0 aromatic heterocycles. The molecule has 1 amide bonds. The quantitative estimate of drug-likeness (QED) is 0.544. The second-order valence-electron chi connectivity index (χ2n) is 5.29. The molecule has 0 saturated heterocycles. The van der Waals surface area contributed by atoms with Gasteiger partial charge < -0.3 is 19.5 Å². The van der Waals surface area contributed by atoms with Gasteiger partial charge in [-0.1, -0.05) is 18.2 Å². The van der Waals surface area contributed by atoms with Gasteiger partial charge in [0.15, 0.2) is 18.1 Å². The first kappa shape index (κ1) is 19.0. The summed E-state index contributed by atoms with van der Waals surface area (Å²) in [4.78, 5) is 22.2. The highest BCUT2D eigenvalue weighted by Gasteiger charge is 2.14. The zero-order chi connectivity index (χ0) is 18.9. The van der Waals surface area contributed by atoms with Gasteiger partial charge in [0, 0.05) is 12.6 Å². The zero-order valence-electron chi connectivity index (χ0n) is 14.6. The molecule has 2 rings (SSSR count). The number of methoxy groups -OCH3 is 2. The lowest BCUT2D eigenvalue weighted by Crippen LogP contribution is -2.30. The van der Waals surface area contributed by atoms with E-state index in [0.717, 1.165) is 11.3 Å². The lowest BCUT2D eigenvalue weighted by Gasteiger charge is -2.11. The van der Waals surface area contributed by atoms with Crippen molar-refractivity contribution in [2.45, 2.75) is 6.42 Å². The minimum absolute atomic E-state index is 0.140. The lowest BCUT2D eigenvalue weighted by atomic mass is 10.1. The Kier molecular flexibility index (Phi) is 6.78. The van der Waals surface area contributed by atoms with E-state index in [0.29, 0.717) is 18.7 Å². The first-order valence-corrected chi connectivity index (χ1v) is 7.89. The van der Waals surface area contributed by atoms with E-state index in [1.165, 1.54) is 25.3 Å². The number of para-hydroxylation sites is 1. The number of carbonyl (C=O) groups is 1. The standard InChI is InChI=1S/C18H20N2O6/c1-24-15-6-4-3-5-13(15)9-10-19-18(21)12-26-17-11-14(20(22)23)7-8-16(17)25-2/h3-8,11H,9-10,12H2,1-2H3,(H,19,21). The first-order chi connectivity index (χ1) is 12.5. The molecule has 0 aliphatic heterocycles. The third-order valence-corrected chi connectivity index (χ3v) is 3.63. The predicted molar refractivity (Wildman–Crippen MR) is 94.9 cm³/mol. The van der Waals surface area contributed by atoms with Crippen LogP contribution in [-0.4, -0.2) is 38.2 Å². The van der Waals surface area contributed by atoms with Crippen LogP contribution in [0.3, 0.4) is 0 Å². The normalized spacial score (nSPS) is 10.1. The SMILES string of the molecule is COc1ccccc1CCNC(=O)COc1cc([N+](=O)[O-])ccc1OC. The Morgan fingerprint density at radius 3 is 2.50 bits per heavy atom. The van der Waals surface area contributed by atoms with Crippen molar-refractivity contribution in [3.05, 3.63) is 58.1 Å². The Bertz CT molecular complexity index is 778. The molecule has 0 saturated carbocycles. The molecule has 2 aromatic rings. The van der Waals surface area contributed by atoms with Gasteiger partial charge in [-0.2, -0.15) is 0 Å². The van der Waals surface area contributed by atoms with E-state index in [-0.39, 0.29) is 24.0 Å². The number of rotatable bonds is 9. The molecule has 8 heteroatoms. The molecule has 26 heavy (non-hydrogen) atoms. The van der Waals surface area contributed by atoms with Crippen LogP contribution in [0.4, 0.5) is 5.69 Å². The van der Waals surface area contributed by atoms with Crippen molar-refractivity contribution in [1.29, 1.82) is 0 Å². The molecule has 2 aromatic carbocycles. The average molecular weight is 360 g/mol. The van der Waals surface area contributed by atoms with E-state index < -0.39 is 4.92 Å². The predicted octanol–water partition coefficient (Wildman–Crippen LogP) is 2.35. The van der Waals surface area contributed by atoms with Crippen molar-refractivity contribution in [3.8, 4) is 17.2 Å². The van der Waals surface area contributed by atoms with Gasteiger partial charge in [-0.15, -0.1) is 0 Å². The van der Waals surface area contributed by atoms with Gasteiger partial charge in [-0.3, -0.25) is 14.9 Å². The molecule has 0 fully saturated rings. The van der Waals surface area contributed by atoms with Crippen molar-refractivity contribution in [2.24, 2.45) is 0 Å². The molecule has 0 aliphatic carbocycles. The van der Waals surface area contributed by atoms with Crippen LogP contribution >= 0.6 is 0 Å². The fourth-order valence-corrected chi connectivity index (χ4v) is 2.33. The van der Waals surface area contributed by atoms with E-state index in [9.17, 15) is 14.9 Å². The van der Waals surface area contributed by atoms with Gasteiger partial charge in [0.2, 0.25) is 0 Å². The second kappa shape index (κ2) is 9.26. The van der Waals surface area contributed by atoms with Gasteiger partial charge in [-0.05, 0) is 24.1 Å². The number of nitro benzene ring substituents is 1. The minimum atomic E-state index is -0.542. The molecule has 0 bridgehead atoms. The van der Waals surface area contributed by atoms with Crippen LogP contribution in [0, 0.1) is 10.1 Å². The fraction of sp³-hybridized carbons (Fsp3) is 0.278. The molecule has 0 unspecified atom stereocenters. The van der Waals surface area contributed by atoms with Crippen LogP contribution in [0.1, 0.15) is 5.56 Å². The molecule has 0 spiro atoms. The Morgan fingerprint density at radius 2 is 1.81 bits per heavy atom. The van der Waals surface area contributed by atoms with Crippen molar-refractivity contribution in [2.75, 3.05) is 27.4 Å². The zero-order valence-corrected chi connectivity index (χ0v) is 14.6. The van der Waals surface area contributed by atoms with E-state index >= 15 is 0 Å². The fourth-order valence-electron chi connectivity index (χ4n) is 2.33. The molecule has 0 aliphatic rings. The summed E-state index contributed by atoms with van der Waals surface area (Å²) < 4.78 is 15.7. The highest BCUT2D eigenvalue weighted by molar-refractivity contribution is 5.77. The molecule has 138 valence electrons. The number of amides is 1. The number of carbonyl (C=O) groups excluding carboxylic acids is 1. The largest absolute Gasteiger partial charge is 0.496 e. The third-order valence-electron chi connectivity index (χ3n) is 3.63. The van der Waals surface area contributed by atoms with Gasteiger partial charge >= 0.3 is 0 Å². The molecular weight excluding hydrogens is 340 g/mol. The number of benzene rings is 2. The van der Waals surface area contributed by atoms with E-state index in [2.05, 4.69) is 5.32 Å². The highest BCUT2D eigenvalue weighted by atomic mass is 16.6. The van der Waals surface area contributed by atoms with Crippen molar-refractivity contribution in [3.63, 3.8) is 0 Å². The van der Waals surface area contributed by atoms with E-state index in [4.69, 9.17) is 14.2 Å². The van der Waals surface area contributed by atoms with Crippen LogP contribution in [0.15, 0.2) is 42.5 Å². The monoisotopic (exact) mass is 360 g/mol. The summed E-state index contributed by atoms with van der Waals surface area (Å²) >= 11 is 0. The minimum Gasteiger partial charge on any atom is -0.496 e. The number of nitrogens with zero attached hydrogens (tertiary/aromatic N) is 1. The molecule has 8 nitrogen and oxygen atoms in total. The van der Waals surface area contributed by atoms with Gasteiger partial charge in [-0.25, -0.2) is 0 Å². The number of nitro groups is 1. The highest BCUT2D eigenvalue weighted by Crippen LogP contribution is 2.31. The molecule has 0 heterocycles. The van der Waals surface area contributed by atoms with E-state index in [1.54, 1.807) is 7.11 Å². The molecule has 0 atom stereocenters. The van der Waals surface area contributed by atoms with Gasteiger partial charge in [0.1, 0.15) is 5.75 Å². The van der Waals surface area contributed by atoms with Gasteiger partial charge in [0.25, 0.3) is 11.6 Å². The molecular formula is C18H20N2O6. The maximum atomic E-state index is 11.9. The van der Waals surface area contributed by atoms with Crippen LogP contribution in [-0.2, 0) is 11.2 Å². The lowest BCUT2D eigenvalue weighted by molar-refractivity contribution is -0.385. The Balaban J connectivity index is 1.87. The van der Waals surface area contributed by atoms with Crippen LogP contribution in [0.5, 0.6) is 17.2 Å². The summed E-state index contributed by atoms with van der Waals surface area (Å²) in [7, 11) is 3.01. The van der Waals surface area contributed by atoms with Crippen LogP contribution in [0.25, 0.3) is 0 Å². The topological polar surface area (TPSA) is 99.9 Å². The number of hydrogen-bond acceptors (Lipinski definition) is 6. The summed E-state index contributed by atoms with van der Waals surface area (Å²) in [6.45, 7) is 0.137. The van der Waals surface area contributed by atoms with Crippen LogP contribution in [0.2, 0.25) is 0 Å². The summed E-state index contributed by atoms with van der Waals surface area (Å²) in [5, 5.41) is 13.6. The Labute approximate surface area is 150 Å². The number of non-ortho nitro benzene ring substituents is 1. The van der Waals surface area contributed by atoms with Gasteiger partial charge in [0.05, 0.1) is 25.2 Å². The van der Waals surface area contributed by atoms with Crippen molar-refractivity contribution >= 4 is 11.6 Å². The second-order valence-corrected chi connectivity index (χ2v) is 5.29. The summed E-state index contributed by atoms with van der Waals surface area (Å²) in [6, 6.07) is 11.5. The summed E-state index contributed by atoms with van der Waals surface area (Å²) in [5.41, 5.74) is 0.842. The maximum absolute atomic E-state index is 11.9.